The molecule has 0 atom stereocenters. The van der Waals surface area contributed by atoms with Crippen molar-refractivity contribution < 1.29 is 8.78 Å². The zero-order valence-corrected chi connectivity index (χ0v) is 27.2. The van der Waals surface area contributed by atoms with Crippen LogP contribution < -0.4 is 0 Å². The number of terminal acetylenes is 1. The Morgan fingerprint density at radius 1 is 0.681 bits per heavy atom. The fourth-order valence-electron chi connectivity index (χ4n) is 4.00. The lowest BCUT2D eigenvalue weighted by atomic mass is 10.2. The van der Waals surface area contributed by atoms with Gasteiger partial charge in [0.15, 0.2) is 11.4 Å². The van der Waals surface area contributed by atoms with Crippen LogP contribution in [0.3, 0.4) is 0 Å². The molecule has 0 radical (unpaired) electrons. The Morgan fingerprint density at radius 3 is 1.64 bits per heavy atom. The maximum absolute atomic E-state index is 13.6. The van der Waals surface area contributed by atoms with Gasteiger partial charge >= 0.3 is 0 Å². The van der Waals surface area contributed by atoms with Crippen molar-refractivity contribution in [2.45, 2.75) is 13.8 Å². The molecule has 4 heterocycles. The molecular formula is C36H23F2IN8. The number of aromatic nitrogens is 6. The highest BCUT2D eigenvalue weighted by molar-refractivity contribution is 14.1. The Bertz CT molecular complexity index is 2190. The minimum Gasteiger partial charge on any atom is -0.248 e. The van der Waals surface area contributed by atoms with Crippen LogP contribution in [0.15, 0.2) is 97.3 Å². The molecular weight excluding hydrogens is 709 g/mol. The standard InChI is InChI=1S/C18H11FN4.C11H7FIN3.C7H5N/c1-13-9-16(7-6-15-5-3-4-8-21-15)22-23(13)18-11-14(19)10-17(12-18)20-2;1-7-3-11(13)15-16(7)10-5-8(12)4-9(6-10)14-2;1-2-7-5-3-4-6-8-7/h3-5,8-12H,1H3;3-6H,1H3;1,3-6H. The van der Waals surface area contributed by atoms with Gasteiger partial charge in [-0.3, -0.25) is 0 Å². The van der Waals surface area contributed by atoms with Crippen molar-refractivity contribution in [2.75, 3.05) is 0 Å². The van der Waals surface area contributed by atoms with Gasteiger partial charge in [-0.25, -0.2) is 37.8 Å². The zero-order valence-electron chi connectivity index (χ0n) is 25.0. The lowest BCUT2D eigenvalue weighted by molar-refractivity contribution is 0.625. The minimum atomic E-state index is -0.468. The SMILES string of the molecule is C#Cc1ccccn1.[C-]#[N+]c1cc(F)cc(-n2nc(C#Cc3ccccn3)cc2C)c1.[C-]#[N+]c1cc(F)cc(-n2nc(I)cc2C)c1. The summed E-state index contributed by atoms with van der Waals surface area (Å²) in [6.07, 6.45) is 8.39. The van der Waals surface area contributed by atoms with Crippen LogP contribution in [0.25, 0.3) is 21.1 Å². The Morgan fingerprint density at radius 2 is 1.19 bits per heavy atom. The second kappa shape index (κ2) is 16.2. The summed E-state index contributed by atoms with van der Waals surface area (Å²) >= 11 is 2.09. The average molecular weight is 733 g/mol. The van der Waals surface area contributed by atoms with Crippen molar-refractivity contribution in [3.63, 3.8) is 0 Å². The predicted octanol–water partition coefficient (Wildman–Crippen LogP) is 8.20. The maximum atomic E-state index is 13.6. The predicted molar refractivity (Wildman–Crippen MR) is 184 cm³/mol. The number of benzene rings is 2. The average Bonchev–Trinajstić information content (AvgIpc) is 3.64. The third-order valence-electron chi connectivity index (χ3n) is 6.02. The molecule has 0 saturated carbocycles. The smallest absolute Gasteiger partial charge is 0.192 e. The van der Waals surface area contributed by atoms with E-state index in [1.807, 2.05) is 50.2 Å². The van der Waals surface area contributed by atoms with Gasteiger partial charge in [-0.2, -0.15) is 10.2 Å². The third kappa shape index (κ3) is 9.67. The van der Waals surface area contributed by atoms with E-state index in [0.717, 1.165) is 15.1 Å². The molecule has 4 aromatic heterocycles. The first-order valence-corrected chi connectivity index (χ1v) is 14.7. The van der Waals surface area contributed by atoms with E-state index < -0.39 is 11.6 Å². The molecule has 0 spiro atoms. The second-order valence-corrected chi connectivity index (χ2v) is 10.6. The lowest BCUT2D eigenvalue weighted by Crippen LogP contribution is -1.99. The Hall–Kier alpha value is -6.15. The molecule has 6 rings (SSSR count). The van der Waals surface area contributed by atoms with E-state index in [9.17, 15) is 8.78 Å². The first-order chi connectivity index (χ1) is 22.7. The normalized spacial score (nSPS) is 9.57. The van der Waals surface area contributed by atoms with E-state index in [1.54, 1.807) is 46.0 Å². The molecule has 11 heteroatoms. The molecule has 0 aliphatic heterocycles. The first-order valence-electron chi connectivity index (χ1n) is 13.7. The summed E-state index contributed by atoms with van der Waals surface area (Å²) in [6, 6.07) is 23.0. The fourth-order valence-corrected chi connectivity index (χ4v) is 4.67. The topological polar surface area (TPSA) is 70.1 Å². The van der Waals surface area contributed by atoms with Gasteiger partial charge in [0, 0.05) is 23.8 Å². The first kappa shape index (κ1) is 33.7. The molecule has 8 nitrogen and oxygen atoms in total. The van der Waals surface area contributed by atoms with Gasteiger partial charge in [-0.1, -0.05) is 18.1 Å². The molecule has 0 unspecified atom stereocenters. The molecule has 0 bridgehead atoms. The van der Waals surface area contributed by atoms with Crippen molar-refractivity contribution in [3.8, 4) is 35.6 Å². The van der Waals surface area contributed by atoms with E-state index in [1.165, 1.54) is 24.3 Å². The summed E-state index contributed by atoms with van der Waals surface area (Å²) in [4.78, 5) is 14.5. The number of rotatable bonds is 2. The van der Waals surface area contributed by atoms with Gasteiger partial charge in [0.2, 0.25) is 0 Å². The maximum Gasteiger partial charge on any atom is 0.192 e. The monoisotopic (exact) mass is 732 g/mol. The van der Waals surface area contributed by atoms with Crippen LogP contribution in [0, 0.1) is 66.5 Å². The van der Waals surface area contributed by atoms with Crippen LogP contribution >= 0.6 is 22.6 Å². The third-order valence-corrected chi connectivity index (χ3v) is 6.55. The Balaban J connectivity index is 0.000000180. The highest BCUT2D eigenvalue weighted by atomic mass is 127. The van der Waals surface area contributed by atoms with Gasteiger partial charge in [0.25, 0.3) is 0 Å². The van der Waals surface area contributed by atoms with Crippen LogP contribution in [-0.2, 0) is 0 Å². The van der Waals surface area contributed by atoms with E-state index >= 15 is 0 Å². The van der Waals surface area contributed by atoms with Crippen LogP contribution in [-0.4, -0.2) is 29.5 Å². The van der Waals surface area contributed by atoms with Gasteiger partial charge in [0.1, 0.15) is 32.4 Å². The van der Waals surface area contributed by atoms with E-state index in [-0.39, 0.29) is 11.4 Å². The highest BCUT2D eigenvalue weighted by Gasteiger charge is 2.09. The Kier molecular flexibility index (Phi) is 11.7. The van der Waals surface area contributed by atoms with Gasteiger partial charge in [-0.15, -0.1) is 6.42 Å². The van der Waals surface area contributed by atoms with Crippen molar-refractivity contribution in [2.24, 2.45) is 0 Å². The molecule has 228 valence electrons. The van der Waals surface area contributed by atoms with E-state index in [2.05, 4.69) is 70.2 Å². The summed E-state index contributed by atoms with van der Waals surface area (Å²) in [6.45, 7) is 17.6. The minimum absolute atomic E-state index is 0.232. The fraction of sp³-hybridized carbons (Fsp3) is 0.0556. The van der Waals surface area contributed by atoms with Crippen LogP contribution in [0.4, 0.5) is 20.2 Å². The summed E-state index contributed by atoms with van der Waals surface area (Å²) in [5.74, 6) is 7.39. The quantitative estimate of drug-likeness (QED) is 0.102. The largest absolute Gasteiger partial charge is 0.248 e. The molecule has 2 aromatic carbocycles. The van der Waals surface area contributed by atoms with E-state index in [4.69, 9.17) is 19.6 Å². The number of pyridine rings is 2. The molecule has 0 saturated heterocycles. The molecule has 6 aromatic rings. The zero-order chi connectivity index (χ0) is 33.8. The number of hydrogen-bond acceptors (Lipinski definition) is 4. The number of aryl methyl sites for hydroxylation is 2. The molecule has 0 fully saturated rings. The summed E-state index contributed by atoms with van der Waals surface area (Å²) in [7, 11) is 0. The Labute approximate surface area is 284 Å². The van der Waals surface area contributed by atoms with Crippen LogP contribution in [0.5, 0.6) is 0 Å². The summed E-state index contributed by atoms with van der Waals surface area (Å²) < 4.78 is 30.9. The van der Waals surface area contributed by atoms with Crippen molar-refractivity contribution in [1.29, 1.82) is 0 Å². The molecule has 0 aliphatic carbocycles. The van der Waals surface area contributed by atoms with Gasteiger partial charge < -0.3 is 0 Å². The van der Waals surface area contributed by atoms with Gasteiger partial charge in [-0.05, 0) is 121 Å². The highest BCUT2D eigenvalue weighted by Crippen LogP contribution is 2.22. The van der Waals surface area contributed by atoms with Crippen LogP contribution in [0.2, 0.25) is 0 Å². The summed E-state index contributed by atoms with van der Waals surface area (Å²) in [5, 5.41) is 8.59. The van der Waals surface area contributed by atoms with Crippen molar-refractivity contribution in [3.05, 3.63) is 164 Å². The van der Waals surface area contributed by atoms with Crippen molar-refractivity contribution in [1.82, 2.24) is 29.5 Å². The van der Waals surface area contributed by atoms with E-state index in [0.29, 0.717) is 28.5 Å². The number of halogens is 3. The van der Waals surface area contributed by atoms with Crippen molar-refractivity contribution >= 4 is 34.0 Å². The second-order valence-electron chi connectivity index (χ2n) is 9.49. The number of nitrogens with zero attached hydrogens (tertiary/aromatic N) is 8. The molecule has 0 N–H and O–H groups in total. The number of hydrogen-bond donors (Lipinski definition) is 0. The van der Waals surface area contributed by atoms with Crippen LogP contribution in [0.1, 0.15) is 28.5 Å². The molecule has 47 heavy (non-hydrogen) atoms. The summed E-state index contributed by atoms with van der Waals surface area (Å²) in [5.41, 5.74) is 5.19. The lowest BCUT2D eigenvalue weighted by Gasteiger charge is -2.04. The molecule has 0 aliphatic rings. The molecule has 0 amide bonds. The van der Waals surface area contributed by atoms with Gasteiger partial charge in [0.05, 0.1) is 24.5 Å².